The zero-order valence-electron chi connectivity index (χ0n) is 19.1. The van der Waals surface area contributed by atoms with Gasteiger partial charge in [0, 0.05) is 24.1 Å². The summed E-state index contributed by atoms with van der Waals surface area (Å²) in [6.07, 6.45) is 0. The van der Waals surface area contributed by atoms with Crippen LogP contribution in [0, 0.1) is 6.92 Å². The van der Waals surface area contributed by atoms with Gasteiger partial charge in [0.05, 0.1) is 27.0 Å². The second kappa shape index (κ2) is 8.85. The highest BCUT2D eigenvalue weighted by atomic mass is 16.5. The van der Waals surface area contributed by atoms with Crippen molar-refractivity contribution in [2.75, 3.05) is 26.6 Å². The first-order valence-electron chi connectivity index (χ1n) is 10.4. The van der Waals surface area contributed by atoms with Crippen LogP contribution in [0.4, 0.5) is 5.82 Å². The molecule has 0 spiro atoms. The number of carbonyl (C=O) groups excluding carboxylic acids is 2. The quantitative estimate of drug-likeness (QED) is 0.599. The van der Waals surface area contributed by atoms with E-state index in [0.717, 1.165) is 16.8 Å². The molecule has 0 unspecified atom stereocenters. The maximum absolute atomic E-state index is 13.2. The molecule has 0 saturated carbocycles. The van der Waals surface area contributed by atoms with Crippen LogP contribution >= 0.6 is 0 Å². The van der Waals surface area contributed by atoms with Gasteiger partial charge in [-0.05, 0) is 42.8 Å². The van der Waals surface area contributed by atoms with Gasteiger partial charge in [0.1, 0.15) is 17.6 Å². The van der Waals surface area contributed by atoms with Gasteiger partial charge in [-0.15, -0.1) is 0 Å². The SMILES string of the molecule is COc1cccc([C@H]2c3c(C)nn(C)c3NC(=O)[C@H]2NC(=O)c2ccc(OC)c(OC)c2)c1. The van der Waals surface area contributed by atoms with Gasteiger partial charge in [0.15, 0.2) is 11.5 Å². The molecule has 9 nitrogen and oxygen atoms in total. The largest absolute Gasteiger partial charge is 0.497 e. The molecule has 2 N–H and O–H groups in total. The van der Waals surface area contributed by atoms with Crippen LogP contribution in [-0.4, -0.2) is 49.0 Å². The number of nitrogens with one attached hydrogen (secondary N) is 2. The van der Waals surface area contributed by atoms with E-state index < -0.39 is 17.9 Å². The third-order valence-corrected chi connectivity index (χ3v) is 5.82. The molecular formula is C24H26N4O5. The van der Waals surface area contributed by atoms with E-state index in [1.165, 1.54) is 14.2 Å². The Labute approximate surface area is 191 Å². The molecule has 2 heterocycles. The average molecular weight is 450 g/mol. The Morgan fingerprint density at radius 1 is 1.06 bits per heavy atom. The third kappa shape index (κ3) is 3.97. The molecule has 1 aliphatic heterocycles. The van der Waals surface area contributed by atoms with Gasteiger partial charge in [0.25, 0.3) is 5.91 Å². The van der Waals surface area contributed by atoms with Gasteiger partial charge in [-0.25, -0.2) is 0 Å². The van der Waals surface area contributed by atoms with Crippen molar-refractivity contribution in [1.29, 1.82) is 0 Å². The van der Waals surface area contributed by atoms with E-state index in [4.69, 9.17) is 14.2 Å². The number of hydrogen-bond donors (Lipinski definition) is 2. The lowest BCUT2D eigenvalue weighted by Crippen LogP contribution is -2.50. The molecule has 0 aliphatic carbocycles. The van der Waals surface area contributed by atoms with Crippen molar-refractivity contribution in [3.05, 3.63) is 64.8 Å². The molecule has 9 heteroatoms. The van der Waals surface area contributed by atoms with Gasteiger partial charge < -0.3 is 24.8 Å². The lowest BCUT2D eigenvalue weighted by molar-refractivity contribution is -0.118. The summed E-state index contributed by atoms with van der Waals surface area (Å²) in [4.78, 5) is 26.4. The molecule has 2 aromatic carbocycles. The van der Waals surface area contributed by atoms with Crippen LogP contribution in [-0.2, 0) is 11.8 Å². The minimum atomic E-state index is -0.867. The molecule has 0 bridgehead atoms. The number of aromatic nitrogens is 2. The summed E-state index contributed by atoms with van der Waals surface area (Å²) in [5.41, 5.74) is 2.80. The lowest BCUT2D eigenvalue weighted by Gasteiger charge is -2.32. The summed E-state index contributed by atoms with van der Waals surface area (Å²) in [5, 5.41) is 10.3. The van der Waals surface area contributed by atoms with Crippen molar-refractivity contribution in [3.8, 4) is 17.2 Å². The van der Waals surface area contributed by atoms with Gasteiger partial charge in [-0.3, -0.25) is 14.3 Å². The molecule has 1 aliphatic rings. The first kappa shape index (κ1) is 22.2. The summed E-state index contributed by atoms with van der Waals surface area (Å²) in [7, 11) is 6.39. The number of methoxy groups -OCH3 is 3. The Morgan fingerprint density at radius 2 is 1.82 bits per heavy atom. The van der Waals surface area contributed by atoms with Crippen molar-refractivity contribution in [3.63, 3.8) is 0 Å². The van der Waals surface area contributed by atoms with Crippen molar-refractivity contribution >= 4 is 17.6 Å². The Bertz CT molecular complexity index is 1220. The molecule has 33 heavy (non-hydrogen) atoms. The minimum Gasteiger partial charge on any atom is -0.497 e. The Hall–Kier alpha value is -4.01. The zero-order chi connectivity index (χ0) is 23.7. The average Bonchev–Trinajstić information content (AvgIpc) is 3.11. The summed E-state index contributed by atoms with van der Waals surface area (Å²) in [5.74, 6) is 1.01. The van der Waals surface area contributed by atoms with E-state index in [-0.39, 0.29) is 5.91 Å². The van der Waals surface area contributed by atoms with Crippen LogP contribution in [0.3, 0.4) is 0 Å². The minimum absolute atomic E-state index is 0.327. The van der Waals surface area contributed by atoms with Crippen LogP contribution in [0.5, 0.6) is 17.2 Å². The summed E-state index contributed by atoms with van der Waals surface area (Å²) in [6, 6.07) is 11.5. The number of carbonyl (C=O) groups is 2. The standard InChI is InChI=1S/C24H26N4O5/c1-13-19-20(14-7-6-8-16(11-14)31-3)21(24(30)26-22(19)28(2)27-13)25-23(29)15-9-10-17(32-4)18(12-15)33-5/h6-12,20-21H,1-5H3,(H,25,29)(H,26,30)/t20-,21-/m0/s1. The van der Waals surface area contributed by atoms with E-state index >= 15 is 0 Å². The molecule has 4 rings (SSSR count). The molecule has 2 atom stereocenters. The molecule has 0 fully saturated rings. The monoisotopic (exact) mass is 450 g/mol. The van der Waals surface area contributed by atoms with Crippen molar-refractivity contribution in [1.82, 2.24) is 15.1 Å². The topological polar surface area (TPSA) is 104 Å². The van der Waals surface area contributed by atoms with Crippen LogP contribution < -0.4 is 24.8 Å². The number of amides is 2. The summed E-state index contributed by atoms with van der Waals surface area (Å²) in [6.45, 7) is 1.89. The van der Waals surface area contributed by atoms with Crippen molar-refractivity contribution in [2.45, 2.75) is 18.9 Å². The predicted octanol–water partition coefficient (Wildman–Crippen LogP) is 2.64. The molecule has 3 aromatic rings. The maximum atomic E-state index is 13.2. The van der Waals surface area contributed by atoms with Crippen LogP contribution in [0.1, 0.15) is 33.1 Å². The maximum Gasteiger partial charge on any atom is 0.252 e. The normalized spacial score (nSPS) is 17.1. The van der Waals surface area contributed by atoms with E-state index in [0.29, 0.717) is 28.6 Å². The van der Waals surface area contributed by atoms with Crippen LogP contribution in [0.25, 0.3) is 0 Å². The number of rotatable bonds is 6. The fourth-order valence-corrected chi connectivity index (χ4v) is 4.25. The van der Waals surface area contributed by atoms with Crippen LogP contribution in [0.15, 0.2) is 42.5 Å². The molecule has 1 aromatic heterocycles. The number of ether oxygens (including phenoxy) is 3. The Kier molecular flexibility index (Phi) is 5.95. The van der Waals surface area contributed by atoms with Crippen LogP contribution in [0.2, 0.25) is 0 Å². The number of fused-ring (bicyclic) bond motifs is 1. The Morgan fingerprint density at radius 3 is 2.52 bits per heavy atom. The molecule has 172 valence electrons. The zero-order valence-corrected chi connectivity index (χ0v) is 19.1. The highest BCUT2D eigenvalue weighted by molar-refractivity contribution is 6.04. The lowest BCUT2D eigenvalue weighted by atomic mass is 9.81. The predicted molar refractivity (Wildman–Crippen MR) is 122 cm³/mol. The summed E-state index contributed by atoms with van der Waals surface area (Å²) < 4.78 is 17.6. The van der Waals surface area contributed by atoms with E-state index in [1.807, 2.05) is 31.2 Å². The first-order chi connectivity index (χ1) is 15.9. The summed E-state index contributed by atoms with van der Waals surface area (Å²) >= 11 is 0. The van der Waals surface area contributed by atoms with Crippen molar-refractivity contribution in [2.24, 2.45) is 7.05 Å². The number of aryl methyl sites for hydroxylation is 2. The first-order valence-corrected chi connectivity index (χ1v) is 10.4. The van der Waals surface area contributed by atoms with Crippen molar-refractivity contribution < 1.29 is 23.8 Å². The Balaban J connectivity index is 1.76. The highest BCUT2D eigenvalue weighted by Crippen LogP contribution is 2.40. The smallest absolute Gasteiger partial charge is 0.252 e. The molecule has 0 radical (unpaired) electrons. The number of hydrogen-bond acceptors (Lipinski definition) is 6. The third-order valence-electron chi connectivity index (χ3n) is 5.82. The van der Waals surface area contributed by atoms with E-state index in [2.05, 4.69) is 15.7 Å². The van der Waals surface area contributed by atoms with E-state index in [9.17, 15) is 9.59 Å². The molecular weight excluding hydrogens is 424 g/mol. The fourth-order valence-electron chi connectivity index (χ4n) is 4.25. The second-order valence-electron chi connectivity index (χ2n) is 7.74. The van der Waals surface area contributed by atoms with Gasteiger partial charge in [-0.1, -0.05) is 12.1 Å². The molecule has 0 saturated heterocycles. The second-order valence-corrected chi connectivity index (χ2v) is 7.74. The van der Waals surface area contributed by atoms with Gasteiger partial charge in [-0.2, -0.15) is 5.10 Å². The number of nitrogens with zero attached hydrogens (tertiary/aromatic N) is 2. The fraction of sp³-hybridized carbons (Fsp3) is 0.292. The molecule has 2 amide bonds. The van der Waals surface area contributed by atoms with E-state index in [1.54, 1.807) is 37.0 Å². The highest BCUT2D eigenvalue weighted by Gasteiger charge is 2.41. The van der Waals surface area contributed by atoms with Gasteiger partial charge >= 0.3 is 0 Å². The number of anilines is 1. The number of benzene rings is 2. The van der Waals surface area contributed by atoms with Gasteiger partial charge in [0.2, 0.25) is 5.91 Å².